The van der Waals surface area contributed by atoms with E-state index >= 15 is 0 Å². The van der Waals surface area contributed by atoms with E-state index in [1.54, 1.807) is 13.0 Å². The van der Waals surface area contributed by atoms with Gasteiger partial charge in [0.2, 0.25) is 12.0 Å². The molecule has 1 unspecified atom stereocenters. The zero-order valence-corrected chi connectivity index (χ0v) is 22.0. The van der Waals surface area contributed by atoms with Gasteiger partial charge in [-0.1, -0.05) is 13.5 Å². The number of carbonyl (C=O) groups excluding carboxylic acids is 2. The Bertz CT molecular complexity index is 1330. The molecule has 3 heterocycles. The summed E-state index contributed by atoms with van der Waals surface area (Å²) in [7, 11) is 0. The number of aryl methyl sites for hydroxylation is 1. The molecule has 3 aliphatic rings. The normalized spacial score (nSPS) is 21.3. The van der Waals surface area contributed by atoms with Gasteiger partial charge in [0.15, 0.2) is 0 Å². The van der Waals surface area contributed by atoms with Crippen molar-refractivity contribution in [3.8, 4) is 0 Å². The highest BCUT2D eigenvalue weighted by Gasteiger charge is 2.36. The second-order valence-corrected chi connectivity index (χ2v) is 10.1. The molecule has 0 aromatic heterocycles. The van der Waals surface area contributed by atoms with Crippen molar-refractivity contribution in [2.45, 2.75) is 52.3 Å². The number of esters is 1. The number of hydrogen-bond acceptors (Lipinski definition) is 7. The van der Waals surface area contributed by atoms with E-state index in [1.807, 2.05) is 19.1 Å². The highest BCUT2D eigenvalue weighted by atomic mass is 19.4. The molecule has 0 aliphatic carbocycles. The molecule has 0 bridgehead atoms. The number of ether oxygens (including phenoxy) is 2. The molecule has 0 spiro atoms. The molecule has 2 saturated heterocycles. The molecule has 0 amide bonds. The molecule has 2 fully saturated rings. The van der Waals surface area contributed by atoms with E-state index < -0.39 is 24.4 Å². The lowest BCUT2D eigenvalue weighted by molar-refractivity contribution is -0.156. The number of aliphatic hydroxyl groups excluding tert-OH is 1. The van der Waals surface area contributed by atoms with Gasteiger partial charge in [-0.2, -0.15) is 13.2 Å². The first-order chi connectivity index (χ1) is 18.9. The van der Waals surface area contributed by atoms with Crippen LogP contribution in [0.4, 0.5) is 23.2 Å². The Morgan fingerprint density at radius 3 is 2.59 bits per heavy atom. The number of rotatable bonds is 4. The van der Waals surface area contributed by atoms with E-state index in [4.69, 9.17) is 20.8 Å². The number of morpholine rings is 1. The van der Waals surface area contributed by atoms with Gasteiger partial charge in [0.1, 0.15) is 12.4 Å². The first-order valence-electron chi connectivity index (χ1n) is 12.7. The van der Waals surface area contributed by atoms with Gasteiger partial charge in [-0.3, -0.25) is 14.6 Å². The molecule has 2 aromatic carbocycles. The van der Waals surface area contributed by atoms with Crippen LogP contribution in [0.1, 0.15) is 57.8 Å². The Labute approximate surface area is 236 Å². The number of halogens is 4. The summed E-state index contributed by atoms with van der Waals surface area (Å²) < 4.78 is 56.5. The number of piperazine rings is 1. The van der Waals surface area contributed by atoms with Gasteiger partial charge >= 0.3 is 12.1 Å². The molecule has 12 heteroatoms. The summed E-state index contributed by atoms with van der Waals surface area (Å²) in [6, 6.07) is 7.01. The summed E-state index contributed by atoms with van der Waals surface area (Å²) in [5.41, 5.74) is 4.74. The predicted octanol–water partition coefficient (Wildman–Crippen LogP) is 4.84. The zero-order valence-electron chi connectivity index (χ0n) is 22.0. The first-order valence-corrected chi connectivity index (χ1v) is 12.7. The summed E-state index contributed by atoms with van der Waals surface area (Å²) in [5.74, 6) is -0.790. The third-order valence-corrected chi connectivity index (χ3v) is 7.46. The number of fused-ring (bicyclic) bond motifs is 2. The fourth-order valence-electron chi connectivity index (χ4n) is 5.38. The molecule has 2 aromatic rings. The van der Waals surface area contributed by atoms with Crippen LogP contribution < -0.4 is 0 Å². The number of β-amino-alcohol motifs (C(OH)–C–C–N with tert-alkyl or cyclic N) is 1. The van der Waals surface area contributed by atoms with Gasteiger partial charge < -0.3 is 14.6 Å². The van der Waals surface area contributed by atoms with Gasteiger partial charge in [0.05, 0.1) is 31.0 Å². The molecule has 8 nitrogen and oxygen atoms in total. The monoisotopic (exact) mass is 579 g/mol. The number of alkyl halides is 3. The van der Waals surface area contributed by atoms with Crippen LogP contribution in [0.5, 0.6) is 0 Å². The van der Waals surface area contributed by atoms with Crippen LogP contribution in [0.2, 0.25) is 0 Å². The lowest BCUT2D eigenvalue weighted by Crippen LogP contribution is -2.58. The molecule has 5 rings (SSSR count). The SMILES string of the molecule is C.O=CC(F)(F)F.[C-]#[N+]c1c(F)ccc([C@H]2CN3CCN(CC(O)c4cc5c(cc4C)C(=O)OC5)C[C@H]3CO2)c1C. The fourth-order valence-corrected chi connectivity index (χ4v) is 5.38. The van der Waals surface area contributed by atoms with Gasteiger partial charge in [-0.15, -0.1) is 0 Å². The molecular formula is C29H33F4N3O5. The Morgan fingerprint density at radius 2 is 1.93 bits per heavy atom. The lowest BCUT2D eigenvalue weighted by atomic mass is 9.96. The second-order valence-electron chi connectivity index (χ2n) is 10.1. The van der Waals surface area contributed by atoms with E-state index in [0.717, 1.165) is 41.9 Å². The molecule has 3 aliphatic heterocycles. The molecule has 0 radical (unpaired) electrons. The van der Waals surface area contributed by atoms with Gasteiger partial charge in [0.25, 0.3) is 0 Å². The number of benzene rings is 2. The van der Waals surface area contributed by atoms with Crippen LogP contribution in [0.25, 0.3) is 4.85 Å². The maximum atomic E-state index is 13.9. The predicted molar refractivity (Wildman–Crippen MR) is 142 cm³/mol. The summed E-state index contributed by atoms with van der Waals surface area (Å²) >= 11 is 0. The van der Waals surface area contributed by atoms with Crippen molar-refractivity contribution in [2.24, 2.45) is 0 Å². The molecule has 41 heavy (non-hydrogen) atoms. The van der Waals surface area contributed by atoms with Crippen molar-refractivity contribution in [1.82, 2.24) is 9.80 Å². The average Bonchev–Trinajstić information content (AvgIpc) is 3.27. The van der Waals surface area contributed by atoms with Crippen LogP contribution >= 0.6 is 0 Å². The number of aldehydes is 1. The molecule has 222 valence electrons. The molecule has 3 atom stereocenters. The number of aliphatic hydroxyl groups is 1. The van der Waals surface area contributed by atoms with Crippen molar-refractivity contribution in [3.05, 3.63) is 74.9 Å². The van der Waals surface area contributed by atoms with Crippen molar-refractivity contribution in [2.75, 3.05) is 39.3 Å². The minimum atomic E-state index is -4.64. The maximum Gasteiger partial charge on any atom is 0.446 e. The van der Waals surface area contributed by atoms with Crippen LogP contribution in [0.15, 0.2) is 24.3 Å². The topological polar surface area (TPSA) is 83.7 Å². The summed E-state index contributed by atoms with van der Waals surface area (Å²) in [6.45, 7) is 15.4. The third-order valence-electron chi connectivity index (χ3n) is 7.46. The van der Waals surface area contributed by atoms with E-state index in [9.17, 15) is 27.5 Å². The van der Waals surface area contributed by atoms with Gasteiger partial charge in [0, 0.05) is 44.3 Å². The van der Waals surface area contributed by atoms with E-state index in [2.05, 4.69) is 14.6 Å². The van der Waals surface area contributed by atoms with Crippen LogP contribution in [0, 0.1) is 26.2 Å². The minimum Gasteiger partial charge on any atom is -0.457 e. The van der Waals surface area contributed by atoms with Crippen molar-refractivity contribution in [3.63, 3.8) is 0 Å². The molecule has 1 N–H and O–H groups in total. The Kier molecular flexibility index (Phi) is 10.3. The van der Waals surface area contributed by atoms with Crippen molar-refractivity contribution in [1.29, 1.82) is 0 Å². The zero-order chi connectivity index (χ0) is 29.2. The van der Waals surface area contributed by atoms with Gasteiger partial charge in [-0.05, 0) is 54.3 Å². The first kappa shape index (κ1) is 32.1. The lowest BCUT2D eigenvalue weighted by Gasteiger charge is -2.46. The van der Waals surface area contributed by atoms with Crippen molar-refractivity contribution < 1.29 is 41.7 Å². The van der Waals surface area contributed by atoms with Crippen molar-refractivity contribution >= 4 is 17.9 Å². The van der Waals surface area contributed by atoms with E-state index in [0.29, 0.717) is 30.8 Å². The number of nitrogens with zero attached hydrogens (tertiary/aromatic N) is 3. The average molecular weight is 580 g/mol. The largest absolute Gasteiger partial charge is 0.457 e. The summed E-state index contributed by atoms with van der Waals surface area (Å²) in [4.78, 5) is 28.5. The minimum absolute atomic E-state index is 0. The van der Waals surface area contributed by atoms with Crippen LogP contribution in [0.3, 0.4) is 0 Å². The summed E-state index contributed by atoms with van der Waals surface area (Å²) in [6.07, 6.45) is -6.54. The molecule has 0 saturated carbocycles. The van der Waals surface area contributed by atoms with Crippen LogP contribution in [-0.4, -0.2) is 78.7 Å². The third kappa shape index (κ3) is 7.29. The standard InChI is InChI=1S/C26H28FN3O4.C2HF3O.CH4/c1-15-8-21-17(13-34-26(21)32)9-20(15)23(31)11-29-6-7-30-12-24(33-14-18(30)10-29)19-4-5-22(27)25(28-3)16(19)2;3-2(4,5)1-6;/h4-5,8-9,18,23-24,31H,6-7,10-14H2,1-2H3;1H;1H4/t18-,23?,24+;;/m0../s1. The Morgan fingerprint density at radius 1 is 1.22 bits per heavy atom. The fraction of sp³-hybridized carbons (Fsp3) is 0.483. The molecular weight excluding hydrogens is 546 g/mol. The number of cyclic esters (lactones) is 1. The Balaban J connectivity index is 0.000000599. The number of hydrogen-bond donors (Lipinski definition) is 1. The van der Waals surface area contributed by atoms with E-state index in [1.165, 1.54) is 6.07 Å². The summed E-state index contributed by atoms with van der Waals surface area (Å²) in [5, 5.41) is 11.0. The smallest absolute Gasteiger partial charge is 0.446 e. The van der Waals surface area contributed by atoms with Crippen LogP contribution in [-0.2, 0) is 20.9 Å². The Hall–Kier alpha value is -3.37. The highest BCUT2D eigenvalue weighted by Crippen LogP contribution is 2.35. The van der Waals surface area contributed by atoms with Gasteiger partial charge in [-0.25, -0.2) is 14.0 Å². The quantitative estimate of drug-likeness (QED) is 0.240. The highest BCUT2D eigenvalue weighted by molar-refractivity contribution is 5.93. The second kappa shape index (κ2) is 13.1. The number of carbonyl (C=O) groups is 2. The maximum absolute atomic E-state index is 13.9. The van der Waals surface area contributed by atoms with E-state index in [-0.39, 0.29) is 37.8 Å².